The average Bonchev–Trinajstić information content (AvgIpc) is 2.72. The van der Waals surface area contributed by atoms with E-state index in [1.807, 2.05) is 43.4 Å². The third-order valence-corrected chi connectivity index (χ3v) is 7.26. The van der Waals surface area contributed by atoms with Gasteiger partial charge in [0.05, 0.1) is 21.0 Å². The van der Waals surface area contributed by atoms with Crippen LogP contribution < -0.4 is 5.19 Å². The molecule has 0 spiro atoms. The maximum absolute atomic E-state index is 11.6. The smallest absolute Gasteiger partial charge is 0.275 e. The van der Waals surface area contributed by atoms with E-state index in [0.717, 1.165) is 5.19 Å². The minimum Gasteiger partial charge on any atom is -0.401 e. The largest absolute Gasteiger partial charge is 0.401 e. The molecule has 3 rings (SSSR count). The first kappa shape index (κ1) is 20.4. The predicted molar refractivity (Wildman–Crippen MR) is 113 cm³/mol. The second-order valence-corrected chi connectivity index (χ2v) is 10.8. The molecule has 0 amide bonds. The van der Waals surface area contributed by atoms with Crippen molar-refractivity contribution in [1.82, 2.24) is 0 Å². The monoisotopic (exact) mass is 408 g/mol. The maximum Gasteiger partial charge on any atom is 0.275 e. The van der Waals surface area contributed by atoms with Gasteiger partial charge in [-0.2, -0.15) is 0 Å². The third kappa shape index (κ3) is 4.39. The molecule has 0 atom stereocenters. The molecule has 8 heteroatoms. The van der Waals surface area contributed by atoms with Crippen LogP contribution >= 0.6 is 0 Å². The Bertz CT molecular complexity index is 983. The van der Waals surface area contributed by atoms with Crippen LogP contribution in [0.1, 0.15) is 17.2 Å². The van der Waals surface area contributed by atoms with E-state index in [2.05, 4.69) is 0 Å². The molecule has 3 aromatic carbocycles. The zero-order valence-electron chi connectivity index (χ0n) is 16.0. The summed E-state index contributed by atoms with van der Waals surface area (Å²) in [4.78, 5) is 22.3. The molecule has 0 aliphatic heterocycles. The highest BCUT2D eigenvalue weighted by atomic mass is 28.4. The average molecular weight is 408 g/mol. The summed E-state index contributed by atoms with van der Waals surface area (Å²) >= 11 is 0. The number of nitro groups is 2. The van der Waals surface area contributed by atoms with E-state index < -0.39 is 24.3 Å². The lowest BCUT2D eigenvalue weighted by Crippen LogP contribution is -2.45. The third-order valence-electron chi connectivity index (χ3n) is 4.71. The highest BCUT2D eigenvalue weighted by Gasteiger charge is 2.36. The quantitative estimate of drug-likeness (QED) is 0.320. The molecule has 0 N–H and O–H groups in total. The molecule has 0 aliphatic rings. The van der Waals surface area contributed by atoms with Gasteiger partial charge in [0.1, 0.15) is 6.10 Å². The molecule has 0 bridgehead atoms. The Morgan fingerprint density at radius 2 is 1.14 bits per heavy atom. The molecule has 0 heterocycles. The van der Waals surface area contributed by atoms with Crippen molar-refractivity contribution in [2.45, 2.75) is 19.2 Å². The number of benzene rings is 3. The van der Waals surface area contributed by atoms with Crippen LogP contribution in [-0.2, 0) is 4.43 Å². The van der Waals surface area contributed by atoms with Gasteiger partial charge in [0.15, 0.2) is 0 Å². The van der Waals surface area contributed by atoms with Crippen molar-refractivity contribution in [3.05, 3.63) is 110 Å². The molecule has 0 radical (unpaired) electrons. The van der Waals surface area contributed by atoms with E-state index in [9.17, 15) is 20.2 Å². The van der Waals surface area contributed by atoms with E-state index in [-0.39, 0.29) is 11.4 Å². The summed E-state index contributed by atoms with van der Waals surface area (Å²) in [5.74, 6) is 0. The van der Waals surface area contributed by atoms with Gasteiger partial charge in [-0.1, -0.05) is 54.6 Å². The van der Waals surface area contributed by atoms with Crippen LogP contribution in [0.3, 0.4) is 0 Å². The van der Waals surface area contributed by atoms with Gasteiger partial charge in [0.25, 0.3) is 11.4 Å². The molecule has 0 aliphatic carbocycles. The van der Waals surface area contributed by atoms with Crippen LogP contribution in [0.25, 0.3) is 0 Å². The van der Waals surface area contributed by atoms with Crippen LogP contribution in [0.15, 0.2) is 78.9 Å². The molecule has 0 aromatic heterocycles. The SMILES string of the molecule is C[Si](C)(OC(c1ccccc1[N+](=O)[O-])c1ccccc1[N+](=O)[O-])c1ccccc1. The van der Waals surface area contributed by atoms with Crippen molar-refractivity contribution in [1.29, 1.82) is 0 Å². The molecule has 0 unspecified atom stereocenters. The highest BCUT2D eigenvalue weighted by Crippen LogP contribution is 2.38. The first-order valence-electron chi connectivity index (χ1n) is 9.01. The van der Waals surface area contributed by atoms with Crippen molar-refractivity contribution < 1.29 is 14.3 Å². The van der Waals surface area contributed by atoms with Crippen LogP contribution in [0.2, 0.25) is 13.1 Å². The Balaban J connectivity index is 2.19. The van der Waals surface area contributed by atoms with E-state index in [1.165, 1.54) is 12.1 Å². The fourth-order valence-corrected chi connectivity index (χ4v) is 5.22. The summed E-state index contributed by atoms with van der Waals surface area (Å²) in [7, 11) is -2.57. The van der Waals surface area contributed by atoms with Crippen LogP contribution in [-0.4, -0.2) is 18.2 Å². The van der Waals surface area contributed by atoms with Crippen LogP contribution in [0, 0.1) is 20.2 Å². The Morgan fingerprint density at radius 3 is 1.59 bits per heavy atom. The van der Waals surface area contributed by atoms with Gasteiger partial charge in [-0.25, -0.2) is 0 Å². The maximum atomic E-state index is 11.6. The van der Waals surface area contributed by atoms with Crippen LogP contribution in [0.5, 0.6) is 0 Å². The molecule has 3 aromatic rings. The standard InChI is InChI=1S/C21H20N2O5Si/c1-29(2,16-10-4-3-5-11-16)28-21(17-12-6-8-14-19(17)22(24)25)18-13-7-9-15-20(18)23(26)27/h3-15,21H,1-2H3. The first-order valence-corrected chi connectivity index (χ1v) is 11.9. The van der Waals surface area contributed by atoms with Crippen molar-refractivity contribution in [3.63, 3.8) is 0 Å². The van der Waals surface area contributed by atoms with E-state index in [4.69, 9.17) is 4.43 Å². The number of hydrogen-bond acceptors (Lipinski definition) is 5. The van der Waals surface area contributed by atoms with Crippen molar-refractivity contribution in [2.75, 3.05) is 0 Å². The normalized spacial score (nSPS) is 11.4. The molecule has 0 saturated heterocycles. The lowest BCUT2D eigenvalue weighted by atomic mass is 9.98. The molecular formula is C21H20N2O5Si. The number of nitrogens with zero attached hydrogens (tertiary/aromatic N) is 2. The minimum atomic E-state index is -2.57. The second kappa shape index (κ2) is 8.34. The van der Waals surface area contributed by atoms with Crippen LogP contribution in [0.4, 0.5) is 11.4 Å². The Morgan fingerprint density at radius 1 is 0.724 bits per heavy atom. The zero-order valence-corrected chi connectivity index (χ0v) is 17.0. The van der Waals surface area contributed by atoms with Gasteiger partial charge in [0.2, 0.25) is 8.32 Å². The predicted octanol–water partition coefficient (Wildman–Crippen LogP) is 4.72. The molecule has 7 nitrogen and oxygen atoms in total. The topological polar surface area (TPSA) is 95.5 Å². The fraction of sp³-hybridized carbons (Fsp3) is 0.143. The molecular weight excluding hydrogens is 388 g/mol. The summed E-state index contributed by atoms with van der Waals surface area (Å²) in [6.07, 6.45) is -0.944. The summed E-state index contributed by atoms with van der Waals surface area (Å²) in [5.41, 5.74) is 0.327. The summed E-state index contributed by atoms with van der Waals surface area (Å²) in [6, 6.07) is 22.0. The summed E-state index contributed by atoms with van der Waals surface area (Å²) < 4.78 is 6.51. The first-order chi connectivity index (χ1) is 13.8. The number of hydrogen-bond donors (Lipinski definition) is 0. The van der Waals surface area contributed by atoms with E-state index >= 15 is 0 Å². The van der Waals surface area contributed by atoms with Crippen molar-refractivity contribution in [2.24, 2.45) is 0 Å². The van der Waals surface area contributed by atoms with E-state index in [1.54, 1.807) is 36.4 Å². The second-order valence-electron chi connectivity index (χ2n) is 7.01. The van der Waals surface area contributed by atoms with Gasteiger partial charge in [-0.05, 0) is 30.4 Å². The van der Waals surface area contributed by atoms with Gasteiger partial charge in [-0.15, -0.1) is 0 Å². The molecule has 0 saturated carbocycles. The number of rotatable bonds is 7. The van der Waals surface area contributed by atoms with E-state index in [0.29, 0.717) is 11.1 Å². The van der Waals surface area contributed by atoms with Crippen molar-refractivity contribution in [3.8, 4) is 0 Å². The van der Waals surface area contributed by atoms with Gasteiger partial charge < -0.3 is 4.43 Å². The minimum absolute atomic E-state index is 0.131. The Labute approximate surface area is 169 Å². The van der Waals surface area contributed by atoms with Gasteiger partial charge in [0, 0.05) is 12.1 Å². The number of nitro benzene ring substituents is 2. The van der Waals surface area contributed by atoms with Gasteiger partial charge in [-0.3, -0.25) is 20.2 Å². The summed E-state index contributed by atoms with van der Waals surface area (Å²) in [6.45, 7) is 3.94. The molecule has 148 valence electrons. The Kier molecular flexibility index (Phi) is 5.86. The van der Waals surface area contributed by atoms with Gasteiger partial charge >= 0.3 is 0 Å². The summed E-state index contributed by atoms with van der Waals surface area (Å²) in [5, 5.41) is 24.3. The lowest BCUT2D eigenvalue weighted by molar-refractivity contribution is -0.387. The zero-order chi connectivity index (χ0) is 21.0. The Hall–Kier alpha value is -3.36. The van der Waals surface area contributed by atoms with Crippen molar-refractivity contribution >= 4 is 24.9 Å². The fourth-order valence-electron chi connectivity index (χ4n) is 3.25. The number of para-hydroxylation sites is 2. The lowest BCUT2D eigenvalue weighted by Gasteiger charge is -2.30. The highest BCUT2D eigenvalue weighted by molar-refractivity contribution is 6.84. The molecule has 0 fully saturated rings. The molecule has 29 heavy (non-hydrogen) atoms.